The summed E-state index contributed by atoms with van der Waals surface area (Å²) in [7, 11) is 0. The van der Waals surface area contributed by atoms with Crippen LogP contribution in [0.25, 0.3) is 0 Å². The van der Waals surface area contributed by atoms with Gasteiger partial charge in [-0.3, -0.25) is 34.2 Å². The Hall–Kier alpha value is -3.30. The van der Waals surface area contributed by atoms with Crippen LogP contribution in [-0.2, 0) is 23.9 Å². The SMILES string of the molecule is CC(C)OC(=O)CC(NC(=O)CCN1C(=O)C2CCCCC2C1=O)c1ccccc1[N+](=O)[O-]. The molecule has 3 atom stereocenters. The van der Waals surface area contributed by atoms with Gasteiger partial charge in [0.1, 0.15) is 0 Å². The fourth-order valence-corrected chi connectivity index (χ4v) is 4.60. The lowest BCUT2D eigenvalue weighted by Gasteiger charge is -2.20. The molecule has 1 N–H and O–H groups in total. The van der Waals surface area contributed by atoms with E-state index in [0.717, 1.165) is 17.7 Å². The molecule has 1 saturated heterocycles. The summed E-state index contributed by atoms with van der Waals surface area (Å²) in [6.45, 7) is 3.30. The molecule has 3 rings (SSSR count). The van der Waals surface area contributed by atoms with Crippen molar-refractivity contribution in [1.82, 2.24) is 10.2 Å². The highest BCUT2D eigenvalue weighted by molar-refractivity contribution is 6.05. The van der Waals surface area contributed by atoms with Crippen LogP contribution in [-0.4, -0.2) is 46.2 Å². The summed E-state index contributed by atoms with van der Waals surface area (Å²) < 4.78 is 5.15. The highest BCUT2D eigenvalue weighted by Crippen LogP contribution is 2.38. The second kappa shape index (κ2) is 10.5. The van der Waals surface area contributed by atoms with E-state index in [-0.39, 0.29) is 60.4 Å². The molecule has 178 valence electrons. The smallest absolute Gasteiger partial charge is 0.308 e. The van der Waals surface area contributed by atoms with Crippen LogP contribution in [0, 0.1) is 22.0 Å². The van der Waals surface area contributed by atoms with Gasteiger partial charge in [0.15, 0.2) is 0 Å². The zero-order valence-electron chi connectivity index (χ0n) is 18.8. The molecule has 10 nitrogen and oxygen atoms in total. The summed E-state index contributed by atoms with van der Waals surface area (Å²) in [5.41, 5.74) is -0.0509. The lowest BCUT2D eigenvalue weighted by atomic mass is 9.81. The average Bonchev–Trinajstić information content (AvgIpc) is 3.01. The van der Waals surface area contributed by atoms with Gasteiger partial charge in [0.2, 0.25) is 17.7 Å². The fourth-order valence-electron chi connectivity index (χ4n) is 4.60. The van der Waals surface area contributed by atoms with E-state index in [4.69, 9.17) is 4.74 Å². The lowest BCUT2D eigenvalue weighted by molar-refractivity contribution is -0.385. The highest BCUT2D eigenvalue weighted by atomic mass is 16.6. The monoisotopic (exact) mass is 459 g/mol. The Balaban J connectivity index is 1.70. The molecule has 2 aliphatic rings. The number of hydrogen-bond acceptors (Lipinski definition) is 7. The van der Waals surface area contributed by atoms with Gasteiger partial charge in [0.25, 0.3) is 5.69 Å². The van der Waals surface area contributed by atoms with E-state index in [2.05, 4.69) is 5.32 Å². The summed E-state index contributed by atoms with van der Waals surface area (Å²) in [5, 5.41) is 14.1. The lowest BCUT2D eigenvalue weighted by Crippen LogP contribution is -2.37. The third-order valence-electron chi connectivity index (χ3n) is 6.08. The van der Waals surface area contributed by atoms with Crippen molar-refractivity contribution >= 4 is 29.4 Å². The molecule has 3 amide bonds. The molecule has 0 aromatic heterocycles. The second-order valence-corrected chi connectivity index (χ2v) is 8.75. The first-order chi connectivity index (χ1) is 15.7. The number of esters is 1. The maximum atomic E-state index is 12.7. The summed E-state index contributed by atoms with van der Waals surface area (Å²) >= 11 is 0. The van der Waals surface area contributed by atoms with Crippen molar-refractivity contribution < 1.29 is 28.8 Å². The molecule has 3 unspecified atom stereocenters. The van der Waals surface area contributed by atoms with E-state index in [1.807, 2.05) is 0 Å². The molecule has 0 spiro atoms. The predicted octanol–water partition coefficient (Wildman–Crippen LogP) is 2.66. The van der Waals surface area contributed by atoms with Crippen LogP contribution in [0.2, 0.25) is 0 Å². The van der Waals surface area contributed by atoms with E-state index in [1.165, 1.54) is 18.2 Å². The molecule has 1 saturated carbocycles. The quantitative estimate of drug-likeness (QED) is 0.259. The van der Waals surface area contributed by atoms with Crippen molar-refractivity contribution in [3.63, 3.8) is 0 Å². The number of hydrogen-bond donors (Lipinski definition) is 1. The number of amides is 3. The Morgan fingerprint density at radius 3 is 2.33 bits per heavy atom. The summed E-state index contributed by atoms with van der Waals surface area (Å²) in [6.07, 6.45) is 2.38. The Bertz CT molecular complexity index is 922. The van der Waals surface area contributed by atoms with E-state index >= 15 is 0 Å². The maximum absolute atomic E-state index is 12.7. The first-order valence-corrected chi connectivity index (χ1v) is 11.3. The van der Waals surface area contributed by atoms with Crippen LogP contribution >= 0.6 is 0 Å². The van der Waals surface area contributed by atoms with Crippen molar-refractivity contribution in [1.29, 1.82) is 0 Å². The minimum Gasteiger partial charge on any atom is -0.463 e. The number of benzene rings is 1. The Morgan fingerprint density at radius 1 is 1.15 bits per heavy atom. The zero-order chi connectivity index (χ0) is 24.1. The zero-order valence-corrected chi connectivity index (χ0v) is 18.8. The first kappa shape index (κ1) is 24.3. The Morgan fingerprint density at radius 2 is 1.76 bits per heavy atom. The predicted molar refractivity (Wildman–Crippen MR) is 117 cm³/mol. The molecule has 1 aromatic rings. The number of likely N-dealkylation sites (tertiary alicyclic amines) is 1. The van der Waals surface area contributed by atoms with Crippen LogP contribution in [0.1, 0.15) is 64.0 Å². The van der Waals surface area contributed by atoms with Crippen molar-refractivity contribution in [3.05, 3.63) is 39.9 Å². The van der Waals surface area contributed by atoms with Gasteiger partial charge < -0.3 is 10.1 Å². The summed E-state index contributed by atoms with van der Waals surface area (Å²) in [5.74, 6) is -2.17. The molecule has 1 heterocycles. The number of carbonyl (C=O) groups excluding carboxylic acids is 4. The minimum atomic E-state index is -0.988. The van der Waals surface area contributed by atoms with E-state index in [0.29, 0.717) is 12.8 Å². The number of imide groups is 1. The molecule has 1 aliphatic carbocycles. The maximum Gasteiger partial charge on any atom is 0.308 e. The van der Waals surface area contributed by atoms with Gasteiger partial charge in [-0.2, -0.15) is 0 Å². The van der Waals surface area contributed by atoms with Gasteiger partial charge >= 0.3 is 5.97 Å². The van der Waals surface area contributed by atoms with Gasteiger partial charge in [0, 0.05) is 19.0 Å². The highest BCUT2D eigenvalue weighted by Gasteiger charge is 2.47. The molecule has 2 fully saturated rings. The number of rotatable bonds is 9. The second-order valence-electron chi connectivity index (χ2n) is 8.75. The Kier molecular flexibility index (Phi) is 7.78. The van der Waals surface area contributed by atoms with Gasteiger partial charge in [-0.25, -0.2) is 0 Å². The molecular formula is C23H29N3O7. The number of nitrogens with one attached hydrogen (secondary N) is 1. The van der Waals surface area contributed by atoms with Crippen LogP contribution < -0.4 is 5.32 Å². The van der Waals surface area contributed by atoms with E-state index < -0.39 is 22.8 Å². The van der Waals surface area contributed by atoms with Gasteiger partial charge in [0.05, 0.1) is 40.9 Å². The summed E-state index contributed by atoms with van der Waals surface area (Å²) in [4.78, 5) is 62.2. The van der Waals surface area contributed by atoms with E-state index in [1.54, 1.807) is 19.9 Å². The number of ether oxygens (including phenoxy) is 1. The van der Waals surface area contributed by atoms with E-state index in [9.17, 15) is 29.3 Å². The van der Waals surface area contributed by atoms with Crippen LogP contribution in [0.3, 0.4) is 0 Å². The third kappa shape index (κ3) is 5.74. The standard InChI is InChI=1S/C23H29N3O7/c1-14(2)33-21(28)13-18(17-9-5-6-10-19(17)26(31)32)24-20(27)11-12-25-22(29)15-7-3-4-8-16(15)23(25)30/h5-6,9-10,14-16,18H,3-4,7-8,11-13H2,1-2H3,(H,24,27). The third-order valence-corrected chi connectivity index (χ3v) is 6.08. The number of nitrogens with zero attached hydrogens (tertiary/aromatic N) is 2. The number of fused-ring (bicyclic) bond motifs is 1. The number of para-hydroxylation sites is 1. The number of carbonyl (C=O) groups is 4. The molecule has 1 aromatic carbocycles. The fraction of sp³-hybridized carbons (Fsp3) is 0.565. The molecule has 33 heavy (non-hydrogen) atoms. The van der Waals surface area contributed by atoms with Gasteiger partial charge in [-0.15, -0.1) is 0 Å². The normalized spacial score (nSPS) is 21.0. The van der Waals surface area contributed by atoms with Gasteiger partial charge in [-0.05, 0) is 26.7 Å². The number of nitro benzene ring substituents is 1. The van der Waals surface area contributed by atoms with Crippen molar-refractivity contribution in [2.45, 2.75) is 64.5 Å². The van der Waals surface area contributed by atoms with Crippen LogP contribution in [0.4, 0.5) is 5.69 Å². The summed E-state index contributed by atoms with van der Waals surface area (Å²) in [6, 6.07) is 4.86. The number of nitro groups is 1. The molecule has 0 radical (unpaired) electrons. The average molecular weight is 459 g/mol. The van der Waals surface area contributed by atoms with Crippen LogP contribution in [0.15, 0.2) is 24.3 Å². The van der Waals surface area contributed by atoms with Crippen LogP contribution in [0.5, 0.6) is 0 Å². The minimum absolute atomic E-state index is 0.0590. The van der Waals surface area contributed by atoms with Crippen molar-refractivity contribution in [2.24, 2.45) is 11.8 Å². The first-order valence-electron chi connectivity index (χ1n) is 11.3. The molecule has 1 aliphatic heterocycles. The van der Waals surface area contributed by atoms with Crippen molar-refractivity contribution in [3.8, 4) is 0 Å². The molecule has 10 heteroatoms. The molecule has 0 bridgehead atoms. The topological polar surface area (TPSA) is 136 Å². The van der Waals surface area contributed by atoms with Crippen molar-refractivity contribution in [2.75, 3.05) is 6.54 Å². The molecular weight excluding hydrogens is 430 g/mol. The Labute approximate surface area is 191 Å². The van der Waals surface area contributed by atoms with Gasteiger partial charge in [-0.1, -0.05) is 31.0 Å². The largest absolute Gasteiger partial charge is 0.463 e.